The lowest BCUT2D eigenvalue weighted by Crippen LogP contribution is -2.50. The highest BCUT2D eigenvalue weighted by Gasteiger charge is 2.32. The number of nitrogens with one attached hydrogen (secondary N) is 1. The van der Waals surface area contributed by atoms with Gasteiger partial charge < -0.3 is 10.2 Å². The maximum Gasteiger partial charge on any atom is 0.264 e. The molecule has 1 atom stereocenters. The van der Waals surface area contributed by atoms with Crippen molar-refractivity contribution < 1.29 is 18.0 Å². The van der Waals surface area contributed by atoms with Crippen molar-refractivity contribution in [2.75, 3.05) is 17.9 Å². The fraction of sp³-hybridized carbons (Fsp3) is 0.286. The van der Waals surface area contributed by atoms with Gasteiger partial charge in [0.05, 0.1) is 10.6 Å². The van der Waals surface area contributed by atoms with Crippen LogP contribution in [0.2, 0.25) is 0 Å². The molecule has 0 bridgehead atoms. The minimum absolute atomic E-state index is 0.0854. The molecular weight excluding hydrogens is 474 g/mol. The van der Waals surface area contributed by atoms with Crippen LogP contribution >= 0.6 is 0 Å². The monoisotopic (exact) mass is 507 g/mol. The molecule has 0 spiro atoms. The first-order valence-corrected chi connectivity index (χ1v) is 13.2. The Morgan fingerprint density at radius 2 is 1.50 bits per heavy atom. The predicted molar refractivity (Wildman–Crippen MR) is 142 cm³/mol. The van der Waals surface area contributed by atoms with Crippen LogP contribution in [-0.4, -0.2) is 44.8 Å². The number of amides is 2. The standard InChI is InChI=1S/C28H33N3O4S/c1-20-11-14-24(15-12-20)18-30(23(4)28(33)29-5)27(32)19-31(26-16-13-21(2)17-22(26)3)36(34,35)25-9-7-6-8-10-25/h6-17,23H,18-19H2,1-5H3,(H,29,33)/t23-/m1/s1. The van der Waals surface area contributed by atoms with Crippen LogP contribution in [-0.2, 0) is 26.2 Å². The fourth-order valence-electron chi connectivity index (χ4n) is 4.00. The number of sulfonamides is 1. The van der Waals surface area contributed by atoms with E-state index in [0.29, 0.717) is 5.69 Å². The summed E-state index contributed by atoms with van der Waals surface area (Å²) in [5.41, 5.74) is 4.04. The van der Waals surface area contributed by atoms with Crippen molar-refractivity contribution in [2.45, 2.75) is 45.2 Å². The van der Waals surface area contributed by atoms with E-state index in [1.807, 2.05) is 57.2 Å². The number of likely N-dealkylation sites (N-methyl/N-ethyl adjacent to an activating group) is 1. The number of hydrogen-bond donors (Lipinski definition) is 1. The molecule has 36 heavy (non-hydrogen) atoms. The molecule has 0 aliphatic heterocycles. The number of aryl methyl sites for hydroxylation is 3. The highest BCUT2D eigenvalue weighted by atomic mass is 32.2. The summed E-state index contributed by atoms with van der Waals surface area (Å²) in [5.74, 6) is -0.814. The van der Waals surface area contributed by atoms with E-state index in [1.165, 1.54) is 24.1 Å². The van der Waals surface area contributed by atoms with E-state index in [1.54, 1.807) is 31.2 Å². The minimum atomic E-state index is -4.06. The molecule has 0 unspecified atom stereocenters. The van der Waals surface area contributed by atoms with Gasteiger partial charge in [0.1, 0.15) is 12.6 Å². The van der Waals surface area contributed by atoms with Crippen molar-refractivity contribution in [3.8, 4) is 0 Å². The Bertz CT molecular complexity index is 1320. The van der Waals surface area contributed by atoms with Gasteiger partial charge in [-0.2, -0.15) is 0 Å². The van der Waals surface area contributed by atoms with Gasteiger partial charge >= 0.3 is 0 Å². The summed E-state index contributed by atoms with van der Waals surface area (Å²) in [6, 6.07) is 20.3. The van der Waals surface area contributed by atoms with Gasteiger partial charge in [-0.3, -0.25) is 13.9 Å². The highest BCUT2D eigenvalue weighted by Crippen LogP contribution is 2.28. The van der Waals surface area contributed by atoms with Gasteiger partial charge in [-0.1, -0.05) is 65.7 Å². The molecule has 0 fully saturated rings. The Kier molecular flexibility index (Phi) is 8.53. The number of benzene rings is 3. The normalized spacial score (nSPS) is 12.0. The third-order valence-corrected chi connectivity index (χ3v) is 7.89. The van der Waals surface area contributed by atoms with Gasteiger partial charge in [0, 0.05) is 13.6 Å². The molecular formula is C28H33N3O4S. The van der Waals surface area contributed by atoms with Crippen molar-refractivity contribution in [1.82, 2.24) is 10.2 Å². The van der Waals surface area contributed by atoms with E-state index >= 15 is 0 Å². The van der Waals surface area contributed by atoms with Crippen LogP contribution in [0.5, 0.6) is 0 Å². The molecule has 0 saturated carbocycles. The summed E-state index contributed by atoms with van der Waals surface area (Å²) in [5, 5.41) is 2.59. The average Bonchev–Trinajstić information content (AvgIpc) is 2.86. The molecule has 3 aromatic carbocycles. The van der Waals surface area contributed by atoms with Gasteiger partial charge in [-0.25, -0.2) is 8.42 Å². The number of anilines is 1. The van der Waals surface area contributed by atoms with Crippen molar-refractivity contribution in [2.24, 2.45) is 0 Å². The van der Waals surface area contributed by atoms with Gasteiger partial charge in [-0.05, 0) is 57.0 Å². The molecule has 0 saturated heterocycles. The molecule has 0 aliphatic rings. The van der Waals surface area contributed by atoms with Gasteiger partial charge in [0.2, 0.25) is 11.8 Å². The predicted octanol–water partition coefficient (Wildman–Crippen LogP) is 3.97. The van der Waals surface area contributed by atoms with Crippen LogP contribution < -0.4 is 9.62 Å². The number of nitrogens with zero attached hydrogens (tertiary/aromatic N) is 2. The first-order chi connectivity index (χ1) is 17.0. The number of hydrogen-bond acceptors (Lipinski definition) is 4. The molecule has 0 radical (unpaired) electrons. The van der Waals surface area contributed by atoms with E-state index in [4.69, 9.17) is 0 Å². The molecule has 7 nitrogen and oxygen atoms in total. The molecule has 0 aromatic heterocycles. The second-order valence-corrected chi connectivity index (χ2v) is 10.8. The minimum Gasteiger partial charge on any atom is -0.357 e. The molecule has 8 heteroatoms. The molecule has 3 aromatic rings. The molecule has 1 N–H and O–H groups in total. The number of carbonyl (C=O) groups excluding carboxylic acids is 2. The van der Waals surface area contributed by atoms with E-state index in [2.05, 4.69) is 5.32 Å². The smallest absolute Gasteiger partial charge is 0.264 e. The maximum absolute atomic E-state index is 13.8. The number of carbonyl (C=O) groups is 2. The van der Waals surface area contributed by atoms with E-state index in [9.17, 15) is 18.0 Å². The summed E-state index contributed by atoms with van der Waals surface area (Å²) in [4.78, 5) is 27.8. The molecule has 2 amide bonds. The van der Waals surface area contributed by atoms with Crippen molar-refractivity contribution in [3.05, 3.63) is 95.1 Å². The summed E-state index contributed by atoms with van der Waals surface area (Å²) in [6.07, 6.45) is 0. The lowest BCUT2D eigenvalue weighted by molar-refractivity contribution is -0.139. The number of rotatable bonds is 9. The van der Waals surface area contributed by atoms with Crippen molar-refractivity contribution in [3.63, 3.8) is 0 Å². The van der Waals surface area contributed by atoms with E-state index in [0.717, 1.165) is 26.6 Å². The van der Waals surface area contributed by atoms with E-state index in [-0.39, 0.29) is 17.3 Å². The largest absolute Gasteiger partial charge is 0.357 e. The molecule has 3 rings (SSSR count). The first kappa shape index (κ1) is 26.9. The third kappa shape index (κ3) is 6.12. The first-order valence-electron chi connectivity index (χ1n) is 11.8. The van der Waals surface area contributed by atoms with Gasteiger partial charge in [0.25, 0.3) is 10.0 Å². The van der Waals surface area contributed by atoms with Crippen molar-refractivity contribution >= 4 is 27.5 Å². The van der Waals surface area contributed by atoms with Crippen LogP contribution in [0.25, 0.3) is 0 Å². The van der Waals surface area contributed by atoms with E-state index < -0.39 is 28.5 Å². The Labute approximate surface area is 213 Å². The summed E-state index contributed by atoms with van der Waals surface area (Å²) in [7, 11) is -2.55. The van der Waals surface area contributed by atoms with Crippen LogP contribution in [0.15, 0.2) is 77.7 Å². The fourth-order valence-corrected chi connectivity index (χ4v) is 5.50. The van der Waals surface area contributed by atoms with Crippen LogP contribution in [0.1, 0.15) is 29.2 Å². The Hall–Kier alpha value is -3.65. The second-order valence-electron chi connectivity index (χ2n) is 8.91. The van der Waals surface area contributed by atoms with Crippen LogP contribution in [0.4, 0.5) is 5.69 Å². The maximum atomic E-state index is 13.8. The zero-order valence-corrected chi connectivity index (χ0v) is 22.2. The SMILES string of the molecule is CNC(=O)[C@@H](C)N(Cc1ccc(C)cc1)C(=O)CN(c1ccc(C)cc1C)S(=O)(=O)c1ccccc1. The quantitative estimate of drug-likeness (QED) is 0.475. The van der Waals surface area contributed by atoms with Crippen molar-refractivity contribution in [1.29, 1.82) is 0 Å². The lowest BCUT2D eigenvalue weighted by atomic mass is 10.1. The van der Waals surface area contributed by atoms with Crippen LogP contribution in [0.3, 0.4) is 0 Å². The summed E-state index contributed by atoms with van der Waals surface area (Å²) in [6.45, 7) is 7.06. The van der Waals surface area contributed by atoms with Crippen LogP contribution in [0, 0.1) is 20.8 Å². The zero-order valence-electron chi connectivity index (χ0n) is 21.4. The van der Waals surface area contributed by atoms with Gasteiger partial charge in [-0.15, -0.1) is 0 Å². The summed E-state index contributed by atoms with van der Waals surface area (Å²) >= 11 is 0. The Morgan fingerprint density at radius 1 is 0.889 bits per heavy atom. The highest BCUT2D eigenvalue weighted by molar-refractivity contribution is 7.92. The zero-order chi connectivity index (χ0) is 26.5. The van der Waals surface area contributed by atoms with Gasteiger partial charge in [0.15, 0.2) is 0 Å². The molecule has 0 aliphatic carbocycles. The third-order valence-electron chi connectivity index (χ3n) is 6.12. The lowest BCUT2D eigenvalue weighted by Gasteiger charge is -2.32. The Morgan fingerprint density at radius 3 is 2.08 bits per heavy atom. The topological polar surface area (TPSA) is 86.8 Å². The Balaban J connectivity index is 2.05. The average molecular weight is 508 g/mol. The molecule has 190 valence electrons. The summed E-state index contributed by atoms with van der Waals surface area (Å²) < 4.78 is 28.7. The molecule has 0 heterocycles. The second kappa shape index (κ2) is 11.4.